The Morgan fingerprint density at radius 2 is 2.18 bits per heavy atom. The van der Waals surface area contributed by atoms with E-state index in [0.717, 1.165) is 12.8 Å². The van der Waals surface area contributed by atoms with E-state index in [-0.39, 0.29) is 18.2 Å². The van der Waals surface area contributed by atoms with E-state index in [9.17, 15) is 9.59 Å². The first-order valence-electron chi connectivity index (χ1n) is 5.37. The Labute approximate surface area is 108 Å². The number of nitrogens with two attached hydrogens (primary N) is 1. The zero-order valence-corrected chi connectivity index (χ0v) is 11.2. The quantitative estimate of drug-likeness (QED) is 0.870. The van der Waals surface area contributed by atoms with Crippen LogP contribution in [0.3, 0.4) is 0 Å². The van der Waals surface area contributed by atoms with Crippen molar-refractivity contribution in [2.75, 3.05) is 13.1 Å². The van der Waals surface area contributed by atoms with Gasteiger partial charge in [0.2, 0.25) is 5.91 Å². The predicted octanol–water partition coefficient (Wildman–Crippen LogP) is 1.77. The van der Waals surface area contributed by atoms with Crippen LogP contribution in [0.2, 0.25) is 0 Å². The van der Waals surface area contributed by atoms with Gasteiger partial charge in [-0.05, 0) is 34.5 Å². The van der Waals surface area contributed by atoms with Crippen LogP contribution in [-0.4, -0.2) is 29.8 Å². The van der Waals surface area contributed by atoms with Crippen LogP contribution in [0.25, 0.3) is 0 Å². The van der Waals surface area contributed by atoms with Crippen molar-refractivity contribution in [1.29, 1.82) is 0 Å². The van der Waals surface area contributed by atoms with Gasteiger partial charge in [0.05, 0.1) is 6.54 Å². The summed E-state index contributed by atoms with van der Waals surface area (Å²) in [6.07, 6.45) is 1.76. The molecule has 0 fully saturated rings. The second-order valence-corrected chi connectivity index (χ2v) is 4.43. The average Bonchev–Trinajstić information content (AvgIpc) is 2.69. The van der Waals surface area contributed by atoms with Crippen LogP contribution in [0, 0.1) is 0 Å². The predicted molar refractivity (Wildman–Crippen MR) is 66.4 cm³/mol. The zero-order chi connectivity index (χ0) is 12.8. The maximum Gasteiger partial charge on any atom is 0.290 e. The van der Waals surface area contributed by atoms with Gasteiger partial charge in [-0.1, -0.05) is 13.3 Å². The second kappa shape index (κ2) is 6.44. The molecule has 17 heavy (non-hydrogen) atoms. The molecule has 0 aliphatic rings. The molecule has 0 aliphatic heterocycles. The molecule has 0 bridgehead atoms. The van der Waals surface area contributed by atoms with E-state index in [1.807, 2.05) is 6.92 Å². The summed E-state index contributed by atoms with van der Waals surface area (Å²) < 4.78 is 5.64. The molecule has 1 rings (SSSR count). The van der Waals surface area contributed by atoms with Gasteiger partial charge >= 0.3 is 0 Å². The molecular formula is C11H15BrN2O3. The molecule has 1 heterocycles. The first-order chi connectivity index (χ1) is 8.04. The Bertz CT molecular complexity index is 403. The van der Waals surface area contributed by atoms with E-state index in [2.05, 4.69) is 15.9 Å². The number of primary amides is 1. The fourth-order valence-electron chi connectivity index (χ4n) is 1.37. The molecule has 94 valence electrons. The van der Waals surface area contributed by atoms with Crippen LogP contribution < -0.4 is 5.73 Å². The van der Waals surface area contributed by atoms with Crippen molar-refractivity contribution in [3.63, 3.8) is 0 Å². The number of carbonyl (C=O) groups excluding carboxylic acids is 2. The summed E-state index contributed by atoms with van der Waals surface area (Å²) in [4.78, 5) is 24.3. The summed E-state index contributed by atoms with van der Waals surface area (Å²) in [5.74, 6) is -0.641. The molecule has 2 N–H and O–H groups in total. The lowest BCUT2D eigenvalue weighted by Crippen LogP contribution is -2.38. The van der Waals surface area contributed by atoms with Crippen molar-refractivity contribution in [1.82, 2.24) is 4.90 Å². The number of amides is 2. The third-order valence-corrected chi connectivity index (χ3v) is 2.63. The lowest BCUT2D eigenvalue weighted by molar-refractivity contribution is -0.118. The molecule has 2 amide bonds. The van der Waals surface area contributed by atoms with Crippen molar-refractivity contribution in [3.05, 3.63) is 22.6 Å². The fraction of sp³-hybridized carbons (Fsp3) is 0.455. The van der Waals surface area contributed by atoms with E-state index >= 15 is 0 Å². The molecule has 1 aromatic rings. The standard InChI is InChI=1S/C11H15BrN2O3/c1-2-3-6-14(7-10(13)15)11(16)8-4-5-9(12)17-8/h4-5H,2-3,6-7H2,1H3,(H2,13,15). The zero-order valence-electron chi connectivity index (χ0n) is 9.61. The van der Waals surface area contributed by atoms with Crippen molar-refractivity contribution in [3.8, 4) is 0 Å². The fourth-order valence-corrected chi connectivity index (χ4v) is 1.68. The van der Waals surface area contributed by atoms with Crippen LogP contribution in [0.4, 0.5) is 0 Å². The Kier molecular flexibility index (Phi) is 5.21. The first kappa shape index (κ1) is 13.8. The van der Waals surface area contributed by atoms with Crippen molar-refractivity contribution >= 4 is 27.7 Å². The molecule has 0 atom stereocenters. The second-order valence-electron chi connectivity index (χ2n) is 3.65. The number of carbonyl (C=O) groups is 2. The molecule has 5 nitrogen and oxygen atoms in total. The highest BCUT2D eigenvalue weighted by atomic mass is 79.9. The van der Waals surface area contributed by atoms with Gasteiger partial charge in [0, 0.05) is 6.54 Å². The summed E-state index contributed by atoms with van der Waals surface area (Å²) in [5.41, 5.74) is 5.11. The minimum Gasteiger partial charge on any atom is -0.444 e. The summed E-state index contributed by atoms with van der Waals surface area (Å²) in [7, 11) is 0. The normalized spacial score (nSPS) is 10.2. The van der Waals surface area contributed by atoms with E-state index in [1.165, 1.54) is 4.90 Å². The van der Waals surface area contributed by atoms with Gasteiger partial charge in [0.1, 0.15) is 0 Å². The SMILES string of the molecule is CCCCN(CC(N)=O)C(=O)c1ccc(Br)o1. The van der Waals surface area contributed by atoms with Gasteiger partial charge in [-0.2, -0.15) is 0 Å². The average molecular weight is 303 g/mol. The Morgan fingerprint density at radius 1 is 1.47 bits per heavy atom. The molecule has 0 saturated heterocycles. The molecule has 6 heteroatoms. The van der Waals surface area contributed by atoms with Gasteiger partial charge in [-0.25, -0.2) is 0 Å². The highest BCUT2D eigenvalue weighted by molar-refractivity contribution is 9.10. The Balaban J connectivity index is 2.74. The molecule has 0 spiro atoms. The maximum atomic E-state index is 12.0. The van der Waals surface area contributed by atoms with Crippen LogP contribution >= 0.6 is 15.9 Å². The summed E-state index contributed by atoms with van der Waals surface area (Å²) in [6.45, 7) is 2.42. The highest BCUT2D eigenvalue weighted by Crippen LogP contribution is 2.16. The van der Waals surface area contributed by atoms with Crippen LogP contribution in [-0.2, 0) is 4.79 Å². The van der Waals surface area contributed by atoms with Gasteiger partial charge in [-0.3, -0.25) is 9.59 Å². The smallest absolute Gasteiger partial charge is 0.290 e. The molecule has 0 unspecified atom stereocenters. The Hall–Kier alpha value is -1.30. The topological polar surface area (TPSA) is 76.5 Å². The van der Waals surface area contributed by atoms with Crippen LogP contribution in [0.15, 0.2) is 21.2 Å². The molecule has 1 aromatic heterocycles. The highest BCUT2D eigenvalue weighted by Gasteiger charge is 2.20. The van der Waals surface area contributed by atoms with E-state index < -0.39 is 5.91 Å². The van der Waals surface area contributed by atoms with Crippen LogP contribution in [0.1, 0.15) is 30.3 Å². The number of hydrogen-bond acceptors (Lipinski definition) is 3. The van der Waals surface area contributed by atoms with E-state index in [0.29, 0.717) is 11.2 Å². The first-order valence-corrected chi connectivity index (χ1v) is 6.16. The number of rotatable bonds is 6. The van der Waals surface area contributed by atoms with Gasteiger partial charge in [-0.15, -0.1) is 0 Å². The van der Waals surface area contributed by atoms with Gasteiger partial charge in [0.15, 0.2) is 10.4 Å². The summed E-state index contributed by atoms with van der Waals surface area (Å²) in [5, 5.41) is 0. The monoisotopic (exact) mass is 302 g/mol. The molecule has 0 radical (unpaired) electrons. The summed E-state index contributed by atoms with van der Waals surface area (Å²) >= 11 is 3.12. The molecule has 0 aliphatic carbocycles. The van der Waals surface area contributed by atoms with Crippen molar-refractivity contribution in [2.45, 2.75) is 19.8 Å². The number of unbranched alkanes of at least 4 members (excludes halogenated alkanes) is 1. The van der Waals surface area contributed by atoms with Crippen LogP contribution in [0.5, 0.6) is 0 Å². The minimum atomic E-state index is -0.528. The number of hydrogen-bond donors (Lipinski definition) is 1. The van der Waals surface area contributed by atoms with Crippen molar-refractivity contribution < 1.29 is 14.0 Å². The third kappa shape index (κ3) is 4.22. The molecule has 0 aromatic carbocycles. The molecular weight excluding hydrogens is 288 g/mol. The molecule has 0 saturated carbocycles. The summed E-state index contributed by atoms with van der Waals surface area (Å²) in [6, 6.07) is 3.20. The lowest BCUT2D eigenvalue weighted by atomic mass is 10.3. The minimum absolute atomic E-state index is 0.0862. The van der Waals surface area contributed by atoms with Gasteiger partial charge in [0.25, 0.3) is 5.91 Å². The number of furan rings is 1. The third-order valence-electron chi connectivity index (χ3n) is 2.20. The van der Waals surface area contributed by atoms with E-state index in [1.54, 1.807) is 12.1 Å². The van der Waals surface area contributed by atoms with Crippen molar-refractivity contribution in [2.24, 2.45) is 5.73 Å². The lowest BCUT2D eigenvalue weighted by Gasteiger charge is -2.19. The number of nitrogens with zero attached hydrogens (tertiary/aromatic N) is 1. The Morgan fingerprint density at radius 3 is 2.65 bits per heavy atom. The van der Waals surface area contributed by atoms with E-state index in [4.69, 9.17) is 10.2 Å². The largest absolute Gasteiger partial charge is 0.444 e. The number of halogens is 1. The maximum absolute atomic E-state index is 12.0. The van der Waals surface area contributed by atoms with Gasteiger partial charge < -0.3 is 15.1 Å².